The van der Waals surface area contributed by atoms with Gasteiger partial charge in [0.05, 0.1) is 54.1 Å². The Morgan fingerprint density at radius 1 is 0.450 bits per heavy atom. The number of esters is 2. The van der Waals surface area contributed by atoms with Crippen LogP contribution in [-0.2, 0) is 19.1 Å². The molecule has 0 heterocycles. The van der Waals surface area contributed by atoms with Crippen LogP contribution in [0.25, 0.3) is 0 Å². The first-order valence-electron chi connectivity index (χ1n) is 16.1. The molecule has 0 radical (unpaired) electrons. The van der Waals surface area contributed by atoms with Crippen LogP contribution >= 0.6 is 0 Å². The largest absolute Gasteiger partial charge is 1.00 e. The minimum atomic E-state index is -0.306. The van der Waals surface area contributed by atoms with Crippen LogP contribution < -0.4 is 48.0 Å². The maximum Gasteiger partial charge on any atom is 0.306 e. The van der Waals surface area contributed by atoms with Gasteiger partial charge in [0.1, 0.15) is 26.3 Å². The van der Waals surface area contributed by atoms with Crippen molar-refractivity contribution in [2.75, 3.05) is 67.6 Å². The fourth-order valence-corrected chi connectivity index (χ4v) is 4.73. The SMILES string of the molecule is CCCCCCCCCC[N+](C)(C)CCOC(=O)CCC(=O)OCC[N+](C)(C)CCCCCCCCCC.[I-].[I-]. The summed E-state index contributed by atoms with van der Waals surface area (Å²) in [4.78, 5) is 24.2. The minimum absolute atomic E-state index is 0. The van der Waals surface area contributed by atoms with Gasteiger partial charge in [-0.1, -0.05) is 90.9 Å². The molecule has 0 aromatic rings. The van der Waals surface area contributed by atoms with E-state index in [0.717, 1.165) is 35.1 Å². The molecule has 0 saturated carbocycles. The van der Waals surface area contributed by atoms with Gasteiger partial charge in [-0.05, 0) is 25.7 Å². The molecule has 0 rings (SSSR count). The Labute approximate surface area is 283 Å². The van der Waals surface area contributed by atoms with Gasteiger partial charge >= 0.3 is 11.9 Å². The van der Waals surface area contributed by atoms with Crippen LogP contribution in [0.3, 0.4) is 0 Å². The second-order valence-corrected chi connectivity index (χ2v) is 12.7. The minimum Gasteiger partial charge on any atom is -1.00 e. The lowest BCUT2D eigenvalue weighted by Gasteiger charge is -2.29. The second-order valence-electron chi connectivity index (χ2n) is 12.7. The van der Waals surface area contributed by atoms with E-state index in [0.29, 0.717) is 13.2 Å². The molecule has 242 valence electrons. The molecule has 0 atom stereocenters. The Morgan fingerprint density at radius 3 is 1.02 bits per heavy atom. The van der Waals surface area contributed by atoms with Crippen LogP contribution in [-0.4, -0.2) is 88.5 Å². The van der Waals surface area contributed by atoms with Gasteiger partial charge in [0.2, 0.25) is 0 Å². The molecule has 6 nitrogen and oxygen atoms in total. The maximum absolute atomic E-state index is 12.1. The third kappa shape index (κ3) is 31.3. The average Bonchev–Trinajstić information content (AvgIpc) is 2.85. The van der Waals surface area contributed by atoms with E-state index in [1.54, 1.807) is 0 Å². The summed E-state index contributed by atoms with van der Waals surface area (Å²) in [6.07, 6.45) is 21.4. The van der Waals surface area contributed by atoms with Gasteiger partial charge in [-0.2, -0.15) is 0 Å². The molecule has 0 saturated heterocycles. The normalized spacial score (nSPS) is 11.4. The van der Waals surface area contributed by atoms with E-state index in [-0.39, 0.29) is 72.7 Å². The number of quaternary nitrogens is 2. The summed E-state index contributed by atoms with van der Waals surface area (Å²) in [5.74, 6) is -0.611. The number of rotatable bonds is 27. The lowest BCUT2D eigenvalue weighted by Crippen LogP contribution is -3.00. The van der Waals surface area contributed by atoms with Crippen molar-refractivity contribution >= 4 is 11.9 Å². The topological polar surface area (TPSA) is 52.6 Å². The highest BCUT2D eigenvalue weighted by Crippen LogP contribution is 2.11. The van der Waals surface area contributed by atoms with Crippen LogP contribution in [0.4, 0.5) is 0 Å². The van der Waals surface area contributed by atoms with Crippen LogP contribution in [0, 0.1) is 0 Å². The Bertz CT molecular complexity index is 539. The van der Waals surface area contributed by atoms with Crippen molar-refractivity contribution < 1.29 is 76.0 Å². The van der Waals surface area contributed by atoms with Crippen molar-refractivity contribution in [2.45, 2.75) is 129 Å². The molecule has 0 aliphatic rings. The summed E-state index contributed by atoms with van der Waals surface area (Å²) in [5.41, 5.74) is 0. The highest BCUT2D eigenvalue weighted by atomic mass is 127. The van der Waals surface area contributed by atoms with Gasteiger partial charge in [0.25, 0.3) is 0 Å². The number of unbranched alkanes of at least 4 members (excludes halogenated alkanes) is 14. The van der Waals surface area contributed by atoms with Crippen molar-refractivity contribution in [2.24, 2.45) is 0 Å². The molecular weight excluding hydrogens is 730 g/mol. The Balaban J connectivity index is -0.00000684. The Hall–Kier alpha value is 0.320. The molecule has 0 aliphatic heterocycles. The molecule has 0 aromatic carbocycles. The first-order chi connectivity index (χ1) is 18.1. The average molecular weight is 797 g/mol. The maximum atomic E-state index is 12.1. The van der Waals surface area contributed by atoms with Crippen molar-refractivity contribution in [3.05, 3.63) is 0 Å². The smallest absolute Gasteiger partial charge is 0.306 e. The van der Waals surface area contributed by atoms with Gasteiger partial charge in [0, 0.05) is 0 Å². The molecule has 0 spiro atoms. The summed E-state index contributed by atoms with van der Waals surface area (Å²) >= 11 is 0. The third-order valence-corrected chi connectivity index (χ3v) is 7.69. The molecule has 0 fully saturated rings. The van der Waals surface area contributed by atoms with Gasteiger partial charge in [-0.25, -0.2) is 0 Å². The van der Waals surface area contributed by atoms with Gasteiger partial charge < -0.3 is 66.4 Å². The molecule has 0 N–H and O–H groups in total. The number of likely N-dealkylation sites (N-methyl/N-ethyl adjacent to an activating group) is 2. The Kier molecular flexibility index (Phi) is 32.9. The molecule has 40 heavy (non-hydrogen) atoms. The molecule has 0 aromatic heterocycles. The monoisotopic (exact) mass is 796 g/mol. The summed E-state index contributed by atoms with van der Waals surface area (Å²) in [6.45, 7) is 9.14. The van der Waals surface area contributed by atoms with Gasteiger partial charge in [-0.15, -0.1) is 0 Å². The highest BCUT2D eigenvalue weighted by Gasteiger charge is 2.18. The summed E-state index contributed by atoms with van der Waals surface area (Å²) < 4.78 is 12.5. The number of carbonyl (C=O) groups excluding carboxylic acids is 2. The quantitative estimate of drug-likeness (QED) is 0.0546. The highest BCUT2D eigenvalue weighted by molar-refractivity contribution is 5.77. The van der Waals surface area contributed by atoms with Crippen LogP contribution in [0.1, 0.15) is 129 Å². The summed E-state index contributed by atoms with van der Waals surface area (Å²) in [6, 6.07) is 0. The third-order valence-electron chi connectivity index (χ3n) is 7.69. The number of hydrogen-bond donors (Lipinski definition) is 0. The molecule has 8 heteroatoms. The number of nitrogens with zero attached hydrogens (tertiary/aromatic N) is 2. The van der Waals surface area contributed by atoms with E-state index >= 15 is 0 Å². The number of carbonyl (C=O) groups is 2. The van der Waals surface area contributed by atoms with E-state index in [9.17, 15) is 9.59 Å². The fourth-order valence-electron chi connectivity index (χ4n) is 4.73. The Morgan fingerprint density at radius 2 is 0.725 bits per heavy atom. The number of halogens is 2. The standard InChI is InChI=1S/C32H66N2O4.2HI/c1-7-9-11-13-15-17-19-21-25-33(3,4)27-29-37-31(35)23-24-32(36)38-30-28-34(5,6)26-22-20-18-16-14-12-10-8-2;;/h7-30H2,1-6H3;2*1H/q+2;;/p-2. The molecule has 0 bridgehead atoms. The van der Waals surface area contributed by atoms with E-state index in [1.807, 2.05) is 0 Å². The van der Waals surface area contributed by atoms with E-state index in [4.69, 9.17) is 9.47 Å². The zero-order valence-electron chi connectivity index (χ0n) is 27.3. The van der Waals surface area contributed by atoms with Gasteiger partial charge in [-0.3, -0.25) is 9.59 Å². The first-order valence-corrected chi connectivity index (χ1v) is 16.1. The molecular formula is C32H66I2N2O4. The molecule has 0 unspecified atom stereocenters. The van der Waals surface area contributed by atoms with Crippen molar-refractivity contribution in [3.63, 3.8) is 0 Å². The molecule has 0 aliphatic carbocycles. The molecule has 0 amide bonds. The first kappa shape index (κ1) is 44.8. The summed E-state index contributed by atoms with van der Waals surface area (Å²) in [5, 5.41) is 0. The zero-order valence-corrected chi connectivity index (χ0v) is 31.6. The second kappa shape index (κ2) is 29.4. The van der Waals surface area contributed by atoms with E-state index < -0.39 is 0 Å². The predicted molar refractivity (Wildman–Crippen MR) is 160 cm³/mol. The number of ether oxygens (including phenoxy) is 2. The van der Waals surface area contributed by atoms with Crippen LogP contribution in [0.2, 0.25) is 0 Å². The van der Waals surface area contributed by atoms with Crippen molar-refractivity contribution in [3.8, 4) is 0 Å². The van der Waals surface area contributed by atoms with Crippen molar-refractivity contribution in [1.29, 1.82) is 0 Å². The summed E-state index contributed by atoms with van der Waals surface area (Å²) in [7, 11) is 8.78. The van der Waals surface area contributed by atoms with Gasteiger partial charge in [0.15, 0.2) is 0 Å². The lowest BCUT2D eigenvalue weighted by molar-refractivity contribution is -0.890. The predicted octanol–water partition coefficient (Wildman–Crippen LogP) is 1.30. The van der Waals surface area contributed by atoms with Crippen molar-refractivity contribution in [1.82, 2.24) is 0 Å². The zero-order chi connectivity index (χ0) is 28.5. The fraction of sp³-hybridized carbons (Fsp3) is 0.938. The lowest BCUT2D eigenvalue weighted by atomic mass is 10.1. The van der Waals surface area contributed by atoms with Crippen LogP contribution in [0.15, 0.2) is 0 Å². The van der Waals surface area contributed by atoms with E-state index in [2.05, 4.69) is 42.0 Å². The van der Waals surface area contributed by atoms with E-state index in [1.165, 1.54) is 103 Å². The van der Waals surface area contributed by atoms with Crippen LogP contribution in [0.5, 0.6) is 0 Å². The number of hydrogen-bond acceptors (Lipinski definition) is 4.